The molecule has 0 bridgehead atoms. The highest BCUT2D eigenvalue weighted by atomic mass is 32.2. The molecule has 1 aliphatic heterocycles. The Morgan fingerprint density at radius 1 is 1.11 bits per heavy atom. The number of carbonyl (C=O) groups is 1. The zero-order chi connectivity index (χ0) is 25.0. The second-order valence-electron chi connectivity index (χ2n) is 9.17. The number of aromatic nitrogens is 1. The van der Waals surface area contributed by atoms with Gasteiger partial charge in [-0.1, -0.05) is 67.5 Å². The first-order valence-electron chi connectivity index (χ1n) is 11.9. The van der Waals surface area contributed by atoms with Crippen molar-refractivity contribution in [1.82, 2.24) is 9.46 Å². The maximum Gasteiger partial charge on any atom is 0.248 e. The number of aryl methyl sites for hydroxylation is 1. The third kappa shape index (κ3) is 5.71. The molecule has 184 valence electrons. The summed E-state index contributed by atoms with van der Waals surface area (Å²) in [5.41, 5.74) is 3.12. The van der Waals surface area contributed by atoms with Crippen LogP contribution in [0, 0.1) is 12.8 Å². The number of carbonyl (C=O) groups excluding carboxylic acids is 1. The molecule has 2 heterocycles. The Hall–Kier alpha value is -3.23. The monoisotopic (exact) mass is 493 g/mol. The number of rotatable bonds is 7. The van der Waals surface area contributed by atoms with E-state index in [-0.39, 0.29) is 23.1 Å². The molecule has 1 saturated heterocycles. The first kappa shape index (κ1) is 24.9. The van der Waals surface area contributed by atoms with Gasteiger partial charge >= 0.3 is 0 Å². The van der Waals surface area contributed by atoms with E-state index < -0.39 is 15.9 Å². The molecule has 1 N–H and O–H groups in total. The summed E-state index contributed by atoms with van der Waals surface area (Å²) in [4.78, 5) is 13.0. The second-order valence-corrected chi connectivity index (χ2v) is 11.0. The highest BCUT2D eigenvalue weighted by Crippen LogP contribution is 2.30. The van der Waals surface area contributed by atoms with Gasteiger partial charge in [-0.25, -0.2) is 8.42 Å². The van der Waals surface area contributed by atoms with E-state index in [2.05, 4.69) is 24.3 Å². The number of amides is 1. The van der Waals surface area contributed by atoms with Gasteiger partial charge in [-0.15, -0.1) is 0 Å². The minimum atomic E-state index is -3.89. The summed E-state index contributed by atoms with van der Waals surface area (Å²) in [6.45, 7) is 6.31. The number of hydrogen-bond acceptors (Lipinski definition) is 5. The number of nitrogens with one attached hydrogen (secondary N) is 1. The van der Waals surface area contributed by atoms with Gasteiger partial charge in [0.05, 0.1) is 5.92 Å². The lowest BCUT2D eigenvalue weighted by atomic mass is 9.98. The summed E-state index contributed by atoms with van der Waals surface area (Å²) in [5.74, 6) is -0.0199. The Bertz CT molecular complexity index is 1300. The number of benzene rings is 2. The molecule has 1 aromatic heterocycles. The largest absolute Gasteiger partial charge is 0.355 e. The predicted octanol–water partition coefficient (Wildman–Crippen LogP) is 5.32. The first-order chi connectivity index (χ1) is 16.8. The second kappa shape index (κ2) is 10.6. The fourth-order valence-electron chi connectivity index (χ4n) is 4.23. The molecule has 4 rings (SSSR count). The van der Waals surface area contributed by atoms with E-state index in [0.717, 1.165) is 5.56 Å². The summed E-state index contributed by atoms with van der Waals surface area (Å²) in [5, 5.41) is 6.85. The molecule has 7 nitrogen and oxygen atoms in total. The van der Waals surface area contributed by atoms with Gasteiger partial charge in [0.2, 0.25) is 15.9 Å². The Kier molecular flexibility index (Phi) is 7.52. The molecular weight excluding hydrogens is 462 g/mol. The van der Waals surface area contributed by atoms with Crippen LogP contribution in [-0.4, -0.2) is 36.9 Å². The molecule has 1 aliphatic rings. The molecule has 1 amide bonds. The zero-order valence-corrected chi connectivity index (χ0v) is 21.1. The van der Waals surface area contributed by atoms with Crippen molar-refractivity contribution < 1.29 is 17.7 Å². The molecule has 0 spiro atoms. The van der Waals surface area contributed by atoms with Crippen LogP contribution >= 0.6 is 0 Å². The molecular formula is C27H31N3O4S. The third-order valence-electron chi connectivity index (χ3n) is 6.26. The SMILES string of the molecule is Cc1noc(/C=C/c2ccccc2)c1S(=O)(=O)N1CCC[C@@H](C(=O)Nc2ccc(C(C)C)cc2)C1. The van der Waals surface area contributed by atoms with Crippen molar-refractivity contribution in [1.29, 1.82) is 0 Å². The molecule has 0 aliphatic carbocycles. The Balaban J connectivity index is 1.49. The summed E-state index contributed by atoms with van der Waals surface area (Å²) < 4.78 is 33.9. The lowest BCUT2D eigenvalue weighted by molar-refractivity contribution is -0.120. The minimum absolute atomic E-state index is 0.0509. The van der Waals surface area contributed by atoms with E-state index >= 15 is 0 Å². The molecule has 1 atom stereocenters. The van der Waals surface area contributed by atoms with Crippen molar-refractivity contribution >= 4 is 33.8 Å². The fraction of sp³-hybridized carbons (Fsp3) is 0.333. The number of anilines is 1. The van der Waals surface area contributed by atoms with E-state index in [1.165, 1.54) is 9.87 Å². The zero-order valence-electron chi connectivity index (χ0n) is 20.3. The number of piperidine rings is 1. The quantitative estimate of drug-likeness (QED) is 0.481. The summed E-state index contributed by atoms with van der Waals surface area (Å²) in [7, 11) is -3.89. The van der Waals surface area contributed by atoms with E-state index in [4.69, 9.17) is 4.52 Å². The van der Waals surface area contributed by atoms with Crippen LogP contribution in [0.15, 0.2) is 64.0 Å². The topological polar surface area (TPSA) is 92.5 Å². The summed E-state index contributed by atoms with van der Waals surface area (Å²) in [6, 6.07) is 17.3. The van der Waals surface area contributed by atoms with Gasteiger partial charge in [-0.3, -0.25) is 4.79 Å². The highest BCUT2D eigenvalue weighted by Gasteiger charge is 2.37. The Labute approximate surface area is 206 Å². The van der Waals surface area contributed by atoms with E-state index in [0.29, 0.717) is 36.7 Å². The van der Waals surface area contributed by atoms with Crippen molar-refractivity contribution in [3.8, 4) is 0 Å². The van der Waals surface area contributed by atoms with Crippen LogP contribution in [0.3, 0.4) is 0 Å². The standard InChI is InChI=1S/C27H31N3O4S/c1-19(2)22-12-14-24(15-13-22)28-27(31)23-10-7-17-30(18-23)35(32,33)26-20(3)29-34-25(26)16-11-21-8-5-4-6-9-21/h4-6,8-9,11-16,19,23H,7,10,17-18H2,1-3H3,(H,28,31)/b16-11+/t23-/m1/s1. The van der Waals surface area contributed by atoms with Crippen molar-refractivity contribution in [3.63, 3.8) is 0 Å². The molecule has 0 unspecified atom stereocenters. The maximum absolute atomic E-state index is 13.6. The van der Waals surface area contributed by atoms with Gasteiger partial charge in [0, 0.05) is 18.8 Å². The third-order valence-corrected chi connectivity index (χ3v) is 8.28. The molecule has 35 heavy (non-hydrogen) atoms. The summed E-state index contributed by atoms with van der Waals surface area (Å²) in [6.07, 6.45) is 4.64. The van der Waals surface area contributed by atoms with Crippen molar-refractivity contribution in [3.05, 3.63) is 77.2 Å². The van der Waals surface area contributed by atoms with Crippen molar-refractivity contribution in [2.75, 3.05) is 18.4 Å². The van der Waals surface area contributed by atoms with E-state index in [1.807, 2.05) is 54.6 Å². The van der Waals surface area contributed by atoms with Gasteiger partial charge in [0.15, 0.2) is 10.7 Å². The highest BCUT2D eigenvalue weighted by molar-refractivity contribution is 7.89. The minimum Gasteiger partial charge on any atom is -0.355 e. The predicted molar refractivity (Wildman–Crippen MR) is 137 cm³/mol. The molecule has 8 heteroatoms. The van der Waals surface area contributed by atoms with E-state index in [1.54, 1.807) is 19.1 Å². The van der Waals surface area contributed by atoms with Gasteiger partial charge in [0.25, 0.3) is 0 Å². The van der Waals surface area contributed by atoms with E-state index in [9.17, 15) is 13.2 Å². The van der Waals surface area contributed by atoms with Crippen LogP contribution in [0.25, 0.3) is 12.2 Å². The number of sulfonamides is 1. The number of hydrogen-bond donors (Lipinski definition) is 1. The van der Waals surface area contributed by atoms with Crippen LogP contribution < -0.4 is 5.32 Å². The average Bonchev–Trinajstić information content (AvgIpc) is 3.25. The van der Waals surface area contributed by atoms with Crippen LogP contribution in [0.4, 0.5) is 5.69 Å². The lowest BCUT2D eigenvalue weighted by Crippen LogP contribution is -2.43. The van der Waals surface area contributed by atoms with Gasteiger partial charge in [0.1, 0.15) is 5.69 Å². The van der Waals surface area contributed by atoms with Crippen LogP contribution in [-0.2, 0) is 14.8 Å². The number of nitrogens with zero attached hydrogens (tertiary/aromatic N) is 2. The Morgan fingerprint density at radius 2 is 1.83 bits per heavy atom. The molecule has 3 aromatic rings. The molecule has 1 fully saturated rings. The van der Waals surface area contributed by atoms with Gasteiger partial charge in [-0.05, 0) is 55.0 Å². The van der Waals surface area contributed by atoms with Crippen LogP contribution in [0.5, 0.6) is 0 Å². The average molecular weight is 494 g/mol. The maximum atomic E-state index is 13.6. The normalized spacial score (nSPS) is 17.2. The summed E-state index contributed by atoms with van der Waals surface area (Å²) >= 11 is 0. The van der Waals surface area contributed by atoms with Crippen molar-refractivity contribution in [2.45, 2.75) is 44.4 Å². The van der Waals surface area contributed by atoms with Crippen LogP contribution in [0.1, 0.15) is 55.2 Å². The Morgan fingerprint density at radius 3 is 2.51 bits per heavy atom. The molecule has 0 radical (unpaired) electrons. The van der Waals surface area contributed by atoms with Gasteiger partial charge in [-0.2, -0.15) is 4.31 Å². The first-order valence-corrected chi connectivity index (χ1v) is 13.3. The lowest BCUT2D eigenvalue weighted by Gasteiger charge is -2.31. The van der Waals surface area contributed by atoms with Crippen molar-refractivity contribution in [2.24, 2.45) is 5.92 Å². The smallest absolute Gasteiger partial charge is 0.248 e. The molecule has 2 aromatic carbocycles. The fourth-order valence-corrected chi connectivity index (χ4v) is 6.01. The molecule has 0 saturated carbocycles. The van der Waals surface area contributed by atoms with Gasteiger partial charge < -0.3 is 9.84 Å². The van der Waals surface area contributed by atoms with Crippen LogP contribution in [0.2, 0.25) is 0 Å².